The summed E-state index contributed by atoms with van der Waals surface area (Å²) < 4.78 is 30.7. The highest BCUT2D eigenvalue weighted by Crippen LogP contribution is 2.25. The van der Waals surface area contributed by atoms with E-state index in [1.807, 2.05) is 56.4 Å². The van der Waals surface area contributed by atoms with Crippen molar-refractivity contribution in [3.8, 4) is 0 Å². The first-order chi connectivity index (χ1) is 18.3. The van der Waals surface area contributed by atoms with Gasteiger partial charge in [-0.1, -0.05) is 54.1 Å². The second-order valence-electron chi connectivity index (χ2n) is 9.55. The van der Waals surface area contributed by atoms with Gasteiger partial charge in [0.1, 0.15) is 0 Å². The molecule has 2 N–H and O–H groups in total. The monoisotopic (exact) mass is 526 g/mol. The summed E-state index contributed by atoms with van der Waals surface area (Å²) in [5.74, 6) is -0.858. The zero-order valence-electron chi connectivity index (χ0n) is 21.4. The van der Waals surface area contributed by atoms with Crippen molar-refractivity contribution in [3.63, 3.8) is 0 Å². The van der Waals surface area contributed by atoms with Gasteiger partial charge in [0.2, 0.25) is 15.9 Å². The predicted molar refractivity (Wildman–Crippen MR) is 151 cm³/mol. The first-order valence-corrected chi connectivity index (χ1v) is 14.0. The fraction of sp³-hybridized carbons (Fsp3) is 0.200. The highest BCUT2D eigenvalue weighted by Gasteiger charge is 2.24. The van der Waals surface area contributed by atoms with Crippen LogP contribution in [0, 0.1) is 12.8 Å². The van der Waals surface area contributed by atoms with Crippen LogP contribution in [0.1, 0.15) is 17.5 Å². The molecule has 1 unspecified atom stereocenters. The number of para-hydroxylation sites is 2. The molecule has 5 aromatic rings. The molecule has 7 nitrogen and oxygen atoms in total. The number of hydrogen-bond donors (Lipinski definition) is 2. The minimum absolute atomic E-state index is 0.0228. The van der Waals surface area contributed by atoms with Crippen LogP contribution < -0.4 is 10.0 Å². The molecule has 0 saturated carbocycles. The third kappa shape index (κ3) is 5.46. The van der Waals surface area contributed by atoms with Crippen molar-refractivity contribution < 1.29 is 13.2 Å². The van der Waals surface area contributed by atoms with Gasteiger partial charge in [-0.3, -0.25) is 9.78 Å². The molecule has 194 valence electrons. The van der Waals surface area contributed by atoms with Crippen LogP contribution in [0.2, 0.25) is 0 Å². The van der Waals surface area contributed by atoms with Gasteiger partial charge in [-0.25, -0.2) is 13.1 Å². The highest BCUT2D eigenvalue weighted by atomic mass is 32.2. The number of aryl methyl sites for hydroxylation is 3. The Morgan fingerprint density at radius 2 is 1.74 bits per heavy atom. The van der Waals surface area contributed by atoms with E-state index in [0.717, 1.165) is 27.4 Å². The van der Waals surface area contributed by atoms with Gasteiger partial charge in [0, 0.05) is 42.3 Å². The summed E-state index contributed by atoms with van der Waals surface area (Å²) in [6.45, 7) is 1.88. The number of amides is 1. The third-order valence-corrected chi connectivity index (χ3v) is 8.29. The number of sulfonamides is 1. The van der Waals surface area contributed by atoms with Crippen LogP contribution >= 0.6 is 0 Å². The summed E-state index contributed by atoms with van der Waals surface area (Å²) in [6, 6.07) is 24.2. The SMILES string of the molecule is Cc1ccc(S(=O)(=O)NCC(CCc2cn(C)c3ccccc23)C(=O)Nc2cccc3cccnc23)cc1. The molecule has 0 bridgehead atoms. The van der Waals surface area contributed by atoms with E-state index in [-0.39, 0.29) is 17.3 Å². The number of hydrogen-bond acceptors (Lipinski definition) is 4. The van der Waals surface area contributed by atoms with E-state index in [1.54, 1.807) is 30.5 Å². The topological polar surface area (TPSA) is 93.1 Å². The highest BCUT2D eigenvalue weighted by molar-refractivity contribution is 7.89. The second-order valence-corrected chi connectivity index (χ2v) is 11.3. The quantitative estimate of drug-likeness (QED) is 0.276. The number of pyridine rings is 1. The van der Waals surface area contributed by atoms with Crippen molar-refractivity contribution in [1.29, 1.82) is 0 Å². The molecule has 1 atom stereocenters. The Hall–Kier alpha value is -4.01. The number of carbonyl (C=O) groups excluding carboxylic acids is 1. The summed E-state index contributed by atoms with van der Waals surface area (Å²) >= 11 is 0. The van der Waals surface area contributed by atoms with Gasteiger partial charge in [0.25, 0.3) is 0 Å². The molecular formula is C30H30N4O3S. The first-order valence-electron chi connectivity index (χ1n) is 12.6. The van der Waals surface area contributed by atoms with E-state index < -0.39 is 15.9 Å². The summed E-state index contributed by atoms with van der Waals surface area (Å²) in [5.41, 5.74) is 4.50. The molecule has 0 fully saturated rings. The molecular weight excluding hydrogens is 496 g/mol. The maximum atomic E-state index is 13.6. The van der Waals surface area contributed by atoms with Crippen molar-refractivity contribution in [3.05, 3.63) is 102 Å². The van der Waals surface area contributed by atoms with E-state index in [2.05, 4.69) is 37.9 Å². The van der Waals surface area contributed by atoms with E-state index in [1.165, 1.54) is 0 Å². The molecule has 1 amide bonds. The van der Waals surface area contributed by atoms with Crippen molar-refractivity contribution in [2.75, 3.05) is 11.9 Å². The number of aromatic nitrogens is 2. The van der Waals surface area contributed by atoms with Crippen molar-refractivity contribution >= 4 is 43.4 Å². The summed E-state index contributed by atoms with van der Waals surface area (Å²) in [7, 11) is -1.77. The molecule has 0 aliphatic carbocycles. The Bertz CT molecular complexity index is 1700. The molecule has 0 saturated heterocycles. The lowest BCUT2D eigenvalue weighted by Gasteiger charge is -2.18. The van der Waals surface area contributed by atoms with Gasteiger partial charge in [0.05, 0.1) is 22.0 Å². The fourth-order valence-electron chi connectivity index (χ4n) is 4.73. The van der Waals surface area contributed by atoms with Crippen LogP contribution in [0.25, 0.3) is 21.8 Å². The molecule has 8 heteroatoms. The Balaban J connectivity index is 1.39. The number of nitrogens with one attached hydrogen (secondary N) is 2. The van der Waals surface area contributed by atoms with Gasteiger partial charge >= 0.3 is 0 Å². The van der Waals surface area contributed by atoms with Gasteiger partial charge < -0.3 is 9.88 Å². The van der Waals surface area contributed by atoms with Crippen molar-refractivity contribution in [2.45, 2.75) is 24.7 Å². The lowest BCUT2D eigenvalue weighted by molar-refractivity contribution is -0.119. The number of anilines is 1. The van der Waals surface area contributed by atoms with Gasteiger partial charge in [-0.05, 0) is 55.7 Å². The molecule has 2 aromatic heterocycles. The van der Waals surface area contributed by atoms with E-state index >= 15 is 0 Å². The normalized spacial score (nSPS) is 12.6. The molecule has 38 heavy (non-hydrogen) atoms. The minimum Gasteiger partial charge on any atom is -0.350 e. The average molecular weight is 527 g/mol. The van der Waals surface area contributed by atoms with Crippen molar-refractivity contribution in [2.24, 2.45) is 13.0 Å². The molecule has 3 aromatic carbocycles. The molecule has 0 aliphatic heterocycles. The molecule has 5 rings (SSSR count). The molecule has 0 radical (unpaired) electrons. The van der Waals surface area contributed by atoms with E-state index in [4.69, 9.17) is 0 Å². The number of rotatable bonds is 9. The fourth-order valence-corrected chi connectivity index (χ4v) is 5.81. The van der Waals surface area contributed by atoms with Crippen LogP contribution in [0.4, 0.5) is 5.69 Å². The predicted octanol–water partition coefficient (Wildman–Crippen LogP) is 5.20. The van der Waals surface area contributed by atoms with Gasteiger partial charge in [0.15, 0.2) is 0 Å². The second kappa shape index (κ2) is 10.8. The maximum Gasteiger partial charge on any atom is 0.240 e. The van der Waals surface area contributed by atoms with Gasteiger partial charge in [-0.2, -0.15) is 0 Å². The molecule has 2 heterocycles. The molecule has 0 aliphatic rings. The number of carbonyl (C=O) groups is 1. The van der Waals surface area contributed by atoms with E-state index in [0.29, 0.717) is 24.0 Å². The summed E-state index contributed by atoms with van der Waals surface area (Å²) in [4.78, 5) is 18.2. The maximum absolute atomic E-state index is 13.6. The number of nitrogens with zero attached hydrogens (tertiary/aromatic N) is 2. The largest absolute Gasteiger partial charge is 0.350 e. The average Bonchev–Trinajstić information content (AvgIpc) is 3.24. The standard InChI is InChI=1S/C30H30N4O3S/c1-21-12-16-25(17-13-21)38(36,37)32-19-23(14-15-24-20-34(2)28-11-4-3-9-26(24)28)30(35)33-27-10-5-7-22-8-6-18-31-29(22)27/h3-13,16-18,20,23,32H,14-15,19H2,1-2H3,(H,33,35). The Morgan fingerprint density at radius 3 is 2.55 bits per heavy atom. The third-order valence-electron chi connectivity index (χ3n) is 6.85. The summed E-state index contributed by atoms with van der Waals surface area (Å²) in [5, 5.41) is 5.05. The zero-order valence-corrected chi connectivity index (χ0v) is 22.2. The number of fused-ring (bicyclic) bond motifs is 2. The van der Waals surface area contributed by atoms with Crippen molar-refractivity contribution in [1.82, 2.24) is 14.3 Å². The smallest absolute Gasteiger partial charge is 0.240 e. The lowest BCUT2D eigenvalue weighted by atomic mass is 9.98. The number of benzene rings is 3. The van der Waals surface area contributed by atoms with Crippen LogP contribution in [0.3, 0.4) is 0 Å². The zero-order chi connectivity index (χ0) is 26.7. The van der Waals surface area contributed by atoms with Crippen LogP contribution in [-0.4, -0.2) is 30.4 Å². The lowest BCUT2D eigenvalue weighted by Crippen LogP contribution is -2.36. The minimum atomic E-state index is -3.77. The van der Waals surface area contributed by atoms with Crippen LogP contribution in [0.15, 0.2) is 96.2 Å². The first kappa shape index (κ1) is 25.6. The summed E-state index contributed by atoms with van der Waals surface area (Å²) in [6.07, 6.45) is 4.85. The Morgan fingerprint density at radius 1 is 0.974 bits per heavy atom. The van der Waals surface area contributed by atoms with Crippen LogP contribution in [0.5, 0.6) is 0 Å². The molecule has 0 spiro atoms. The van der Waals surface area contributed by atoms with Crippen LogP contribution in [-0.2, 0) is 28.3 Å². The Kier molecular flexibility index (Phi) is 7.26. The van der Waals surface area contributed by atoms with E-state index in [9.17, 15) is 13.2 Å². The van der Waals surface area contributed by atoms with Gasteiger partial charge in [-0.15, -0.1) is 0 Å². The Labute approximate surface area is 222 Å².